The van der Waals surface area contributed by atoms with Gasteiger partial charge in [0, 0.05) is 19.2 Å². The van der Waals surface area contributed by atoms with E-state index in [1.165, 1.54) is 17.6 Å². The van der Waals surface area contributed by atoms with Gasteiger partial charge < -0.3 is 5.32 Å². The molecule has 2 heterocycles. The third kappa shape index (κ3) is 3.65. The van der Waals surface area contributed by atoms with Gasteiger partial charge in [-0.05, 0) is 54.0 Å². The van der Waals surface area contributed by atoms with E-state index in [0.29, 0.717) is 24.5 Å². The molecule has 0 saturated heterocycles. The van der Waals surface area contributed by atoms with Crippen LogP contribution in [0, 0.1) is 0 Å². The fraction of sp³-hybridized carbons (Fsp3) is 0.190. The summed E-state index contributed by atoms with van der Waals surface area (Å²) in [6, 6.07) is 10.1. The number of rotatable bonds is 2. The first-order chi connectivity index (χ1) is 13.7. The predicted octanol–water partition coefficient (Wildman–Crippen LogP) is 4.32. The molecule has 0 radical (unpaired) electrons. The molecule has 0 spiro atoms. The van der Waals surface area contributed by atoms with E-state index in [1.54, 1.807) is 12.1 Å². The molecule has 0 saturated carbocycles. The Bertz CT molecular complexity index is 1210. The summed E-state index contributed by atoms with van der Waals surface area (Å²) in [5.74, 6) is 0.210. The maximum absolute atomic E-state index is 13.0. The van der Waals surface area contributed by atoms with Crippen LogP contribution in [0.3, 0.4) is 0 Å². The highest BCUT2D eigenvalue weighted by Gasteiger charge is 2.31. The number of halogens is 3. The molecule has 148 valence electrons. The number of benzene rings is 2. The third-order valence-electron chi connectivity index (χ3n) is 4.75. The van der Waals surface area contributed by atoms with Gasteiger partial charge in [-0.3, -0.25) is 14.2 Å². The Labute approximate surface area is 163 Å². The highest BCUT2D eigenvalue weighted by atomic mass is 19.4. The van der Waals surface area contributed by atoms with Crippen LogP contribution in [-0.2, 0) is 17.5 Å². The van der Waals surface area contributed by atoms with Crippen LogP contribution in [0.25, 0.3) is 22.6 Å². The van der Waals surface area contributed by atoms with Gasteiger partial charge in [0.25, 0.3) is 5.56 Å². The van der Waals surface area contributed by atoms with Crippen molar-refractivity contribution in [2.75, 3.05) is 5.32 Å². The highest BCUT2D eigenvalue weighted by Crippen LogP contribution is 2.32. The summed E-state index contributed by atoms with van der Waals surface area (Å²) in [4.78, 5) is 28.2. The molecule has 0 bridgehead atoms. The SMILES string of the molecule is CC(=O)Nc1ccc(C=C2CCn3c2nc2cc(C(F)(F)F)ccc2c3=O)cc1. The van der Waals surface area contributed by atoms with Crippen LogP contribution in [-0.4, -0.2) is 15.5 Å². The van der Waals surface area contributed by atoms with Crippen LogP contribution in [0.2, 0.25) is 0 Å². The van der Waals surface area contributed by atoms with Crippen molar-refractivity contribution in [2.24, 2.45) is 0 Å². The van der Waals surface area contributed by atoms with Crippen molar-refractivity contribution >= 4 is 34.1 Å². The lowest BCUT2D eigenvalue weighted by Crippen LogP contribution is -2.21. The van der Waals surface area contributed by atoms with Crippen molar-refractivity contribution in [3.05, 3.63) is 69.8 Å². The zero-order valence-corrected chi connectivity index (χ0v) is 15.4. The van der Waals surface area contributed by atoms with Gasteiger partial charge >= 0.3 is 6.18 Å². The first kappa shape index (κ1) is 18.9. The van der Waals surface area contributed by atoms with Crippen LogP contribution in [0.5, 0.6) is 0 Å². The molecule has 1 aliphatic heterocycles. The lowest BCUT2D eigenvalue weighted by atomic mass is 10.1. The second-order valence-corrected chi connectivity index (χ2v) is 6.84. The topological polar surface area (TPSA) is 64.0 Å². The van der Waals surface area contributed by atoms with E-state index in [2.05, 4.69) is 10.3 Å². The molecular weight excluding hydrogens is 383 g/mol. The van der Waals surface area contributed by atoms with Crippen molar-refractivity contribution in [2.45, 2.75) is 26.1 Å². The van der Waals surface area contributed by atoms with E-state index in [4.69, 9.17) is 0 Å². The molecule has 29 heavy (non-hydrogen) atoms. The quantitative estimate of drug-likeness (QED) is 0.698. The number of fused-ring (bicyclic) bond motifs is 2. The van der Waals surface area contributed by atoms with Gasteiger partial charge in [0.1, 0.15) is 5.82 Å². The lowest BCUT2D eigenvalue weighted by Gasteiger charge is -2.09. The summed E-state index contributed by atoms with van der Waals surface area (Å²) in [5.41, 5.74) is 1.12. The van der Waals surface area contributed by atoms with Crippen molar-refractivity contribution in [3.8, 4) is 0 Å². The van der Waals surface area contributed by atoms with Gasteiger partial charge in [-0.1, -0.05) is 12.1 Å². The fourth-order valence-electron chi connectivity index (χ4n) is 3.40. The summed E-state index contributed by atoms with van der Waals surface area (Å²) >= 11 is 0. The maximum Gasteiger partial charge on any atom is 0.416 e. The van der Waals surface area contributed by atoms with E-state index in [1.807, 2.05) is 18.2 Å². The van der Waals surface area contributed by atoms with E-state index in [-0.39, 0.29) is 22.4 Å². The Balaban J connectivity index is 1.76. The number of aromatic nitrogens is 2. The largest absolute Gasteiger partial charge is 0.416 e. The molecule has 0 fully saturated rings. The monoisotopic (exact) mass is 399 g/mol. The number of hydrogen-bond acceptors (Lipinski definition) is 3. The van der Waals surface area contributed by atoms with Crippen molar-refractivity contribution in [1.82, 2.24) is 9.55 Å². The second kappa shape index (κ2) is 6.88. The number of anilines is 1. The van der Waals surface area contributed by atoms with Crippen LogP contribution in [0.1, 0.15) is 30.3 Å². The number of hydrogen-bond donors (Lipinski definition) is 1. The summed E-state index contributed by atoms with van der Waals surface area (Å²) in [5, 5.41) is 2.85. The molecule has 1 aliphatic rings. The smallest absolute Gasteiger partial charge is 0.326 e. The van der Waals surface area contributed by atoms with Gasteiger partial charge in [-0.25, -0.2) is 4.98 Å². The average molecular weight is 399 g/mol. The molecule has 2 aromatic carbocycles. The van der Waals surface area contributed by atoms with E-state index in [0.717, 1.165) is 23.3 Å². The normalized spacial score (nSPS) is 15.0. The number of alkyl halides is 3. The molecule has 5 nitrogen and oxygen atoms in total. The predicted molar refractivity (Wildman–Crippen MR) is 104 cm³/mol. The number of amides is 1. The summed E-state index contributed by atoms with van der Waals surface area (Å²) < 4.78 is 40.5. The van der Waals surface area contributed by atoms with E-state index in [9.17, 15) is 22.8 Å². The van der Waals surface area contributed by atoms with Crippen molar-refractivity contribution in [1.29, 1.82) is 0 Å². The molecule has 3 aromatic rings. The number of nitrogens with zero attached hydrogens (tertiary/aromatic N) is 2. The molecular formula is C21H16F3N3O2. The van der Waals surface area contributed by atoms with Gasteiger partial charge in [-0.2, -0.15) is 13.2 Å². The summed E-state index contributed by atoms with van der Waals surface area (Å²) in [6.07, 6.45) is -2.10. The number of carbonyl (C=O) groups is 1. The maximum atomic E-state index is 13.0. The average Bonchev–Trinajstić information content (AvgIpc) is 3.05. The van der Waals surface area contributed by atoms with Crippen LogP contribution in [0.4, 0.5) is 18.9 Å². The second-order valence-electron chi connectivity index (χ2n) is 6.84. The van der Waals surface area contributed by atoms with Crippen LogP contribution >= 0.6 is 0 Å². The number of allylic oxidation sites excluding steroid dienone is 1. The molecule has 0 aliphatic carbocycles. The summed E-state index contributed by atoms with van der Waals surface area (Å²) in [6.45, 7) is 1.84. The Morgan fingerprint density at radius 2 is 1.90 bits per heavy atom. The van der Waals surface area contributed by atoms with E-state index >= 15 is 0 Å². The van der Waals surface area contributed by atoms with Crippen LogP contribution in [0.15, 0.2) is 47.3 Å². The highest BCUT2D eigenvalue weighted by molar-refractivity contribution is 5.89. The molecule has 1 N–H and O–H groups in total. The minimum Gasteiger partial charge on any atom is -0.326 e. The third-order valence-corrected chi connectivity index (χ3v) is 4.75. The van der Waals surface area contributed by atoms with Crippen molar-refractivity contribution in [3.63, 3.8) is 0 Å². The fourth-order valence-corrected chi connectivity index (χ4v) is 3.40. The molecule has 8 heteroatoms. The number of nitrogens with one attached hydrogen (secondary N) is 1. The Hall–Kier alpha value is -3.42. The first-order valence-electron chi connectivity index (χ1n) is 8.93. The molecule has 4 rings (SSSR count). The van der Waals surface area contributed by atoms with Gasteiger partial charge in [0.15, 0.2) is 0 Å². The zero-order valence-electron chi connectivity index (χ0n) is 15.4. The summed E-state index contributed by atoms with van der Waals surface area (Å²) in [7, 11) is 0. The minimum atomic E-state index is -4.50. The Morgan fingerprint density at radius 3 is 2.55 bits per heavy atom. The first-order valence-corrected chi connectivity index (χ1v) is 8.93. The van der Waals surface area contributed by atoms with Crippen LogP contribution < -0.4 is 10.9 Å². The Morgan fingerprint density at radius 1 is 1.17 bits per heavy atom. The minimum absolute atomic E-state index is 0.0323. The molecule has 0 atom stereocenters. The van der Waals surface area contributed by atoms with Crippen molar-refractivity contribution < 1.29 is 18.0 Å². The lowest BCUT2D eigenvalue weighted by molar-refractivity contribution is -0.137. The molecule has 1 aromatic heterocycles. The Kier molecular flexibility index (Phi) is 4.49. The molecule has 0 unspecified atom stereocenters. The standard InChI is InChI=1S/C21H16F3N3O2/c1-12(28)25-16-5-2-13(3-6-16)10-14-8-9-27-19(14)26-18-11-15(21(22,23)24)4-7-17(18)20(27)29/h2-7,10-11H,8-9H2,1H3,(H,25,28). The van der Waals surface area contributed by atoms with Gasteiger partial charge in [0.2, 0.25) is 5.91 Å². The molecule has 1 amide bonds. The van der Waals surface area contributed by atoms with Gasteiger partial charge in [0.05, 0.1) is 16.5 Å². The zero-order chi connectivity index (χ0) is 20.8. The van der Waals surface area contributed by atoms with E-state index < -0.39 is 11.7 Å². The van der Waals surface area contributed by atoms with Gasteiger partial charge in [-0.15, -0.1) is 0 Å². The number of carbonyl (C=O) groups excluding carboxylic acids is 1.